The molecule has 0 fully saturated rings. The van der Waals surface area contributed by atoms with E-state index in [9.17, 15) is 9.59 Å². The molecule has 248 valence electrons. The lowest BCUT2D eigenvalue weighted by molar-refractivity contribution is 0.0928. The summed E-state index contributed by atoms with van der Waals surface area (Å²) < 4.78 is 3.21. The summed E-state index contributed by atoms with van der Waals surface area (Å²) in [5.41, 5.74) is 12.5. The minimum atomic E-state index is -0.133. The molecule has 0 unspecified atom stereocenters. The molecule has 0 saturated heterocycles. The number of carbonyl (C=O) groups is 2. The van der Waals surface area contributed by atoms with Crippen LogP contribution in [0.3, 0.4) is 0 Å². The number of nitrogens with one attached hydrogen (secondary N) is 2. The lowest BCUT2D eigenvalue weighted by Gasteiger charge is -2.13. The van der Waals surface area contributed by atoms with E-state index < -0.39 is 0 Å². The Kier molecular flexibility index (Phi) is 13.2. The van der Waals surface area contributed by atoms with Crippen molar-refractivity contribution in [2.45, 2.75) is 44.7 Å². The predicted octanol–water partition coefficient (Wildman–Crippen LogP) is 1.97. The summed E-state index contributed by atoms with van der Waals surface area (Å²) >= 11 is 0. The molecule has 2 aromatic carbocycles. The Morgan fingerprint density at radius 1 is 0.915 bits per heavy atom. The number of oxime groups is 1. The Morgan fingerprint density at radius 3 is 1.81 bits per heavy atom. The van der Waals surface area contributed by atoms with E-state index in [1.54, 1.807) is 67.3 Å². The molecule has 0 radical (unpaired) electrons. The molecule has 6 rings (SSSR count). The zero-order valence-electron chi connectivity index (χ0n) is 26.5. The fraction of sp³-hybridized carbons (Fsp3) is 0.312. The zero-order valence-corrected chi connectivity index (χ0v) is 26.5. The third kappa shape index (κ3) is 9.23. The number of carbonyl (C=O) groups excluding carboxylic acids is 2. The lowest BCUT2D eigenvalue weighted by atomic mass is 10.0. The highest BCUT2D eigenvalue weighted by Crippen LogP contribution is 2.33. The number of rotatable bonds is 5. The van der Waals surface area contributed by atoms with Gasteiger partial charge in [-0.2, -0.15) is 15.5 Å². The minimum Gasteiger partial charge on any atom is -0.409 e. The fourth-order valence-corrected chi connectivity index (χ4v) is 5.38. The van der Waals surface area contributed by atoms with Crippen LogP contribution in [0.5, 0.6) is 0 Å². The van der Waals surface area contributed by atoms with E-state index in [1.807, 2.05) is 24.3 Å². The van der Waals surface area contributed by atoms with E-state index in [0.29, 0.717) is 22.3 Å². The Morgan fingerprint density at radius 2 is 1.38 bits per heavy atom. The Balaban J connectivity index is 0.000000226. The molecule has 4 aromatic rings. The molecule has 47 heavy (non-hydrogen) atoms. The summed E-state index contributed by atoms with van der Waals surface area (Å²) in [6.45, 7) is 1.93. The second-order valence-electron chi connectivity index (χ2n) is 10.7. The van der Waals surface area contributed by atoms with Crippen molar-refractivity contribution in [2.75, 3.05) is 6.61 Å². The maximum Gasteiger partial charge on any atom is 0.254 e. The molecular formula is C32H40N10O5. The fourth-order valence-electron chi connectivity index (χ4n) is 5.38. The molecule has 9 N–H and O–H groups in total. The third-order valence-electron chi connectivity index (χ3n) is 7.52. The first kappa shape index (κ1) is 35.9. The van der Waals surface area contributed by atoms with E-state index in [4.69, 9.17) is 26.5 Å². The first-order valence-electron chi connectivity index (χ1n) is 14.8. The van der Waals surface area contributed by atoms with Gasteiger partial charge in [-0.15, -0.1) is 0 Å². The Labute approximate surface area is 272 Å². The summed E-state index contributed by atoms with van der Waals surface area (Å²) in [5, 5.41) is 48.8. The molecule has 15 heteroatoms. The summed E-state index contributed by atoms with van der Waals surface area (Å²) in [6.07, 6.45) is 9.94. The van der Waals surface area contributed by atoms with Gasteiger partial charge in [0, 0.05) is 38.7 Å². The Hall–Kier alpha value is -5.56. The van der Waals surface area contributed by atoms with Gasteiger partial charge in [-0.25, -0.2) is 5.90 Å². The number of aryl methyl sites for hydroxylation is 4. The first-order valence-corrected chi connectivity index (χ1v) is 14.8. The van der Waals surface area contributed by atoms with Crippen LogP contribution in [0.15, 0.2) is 66.3 Å². The van der Waals surface area contributed by atoms with Crippen molar-refractivity contribution in [1.29, 1.82) is 5.26 Å². The van der Waals surface area contributed by atoms with Crippen LogP contribution in [-0.2, 0) is 26.9 Å². The third-order valence-corrected chi connectivity index (χ3v) is 7.52. The number of nitrogens with two attached hydrogens (primary N) is 2. The smallest absolute Gasteiger partial charge is 0.254 e. The molecule has 0 bridgehead atoms. The quantitative estimate of drug-likeness (QED) is 0.0721. The number of amidine groups is 1. The number of aliphatic hydroxyl groups is 1. The molecule has 2 amide bonds. The Bertz CT molecular complexity index is 1740. The second-order valence-corrected chi connectivity index (χ2v) is 10.7. The van der Waals surface area contributed by atoms with Crippen molar-refractivity contribution in [2.24, 2.45) is 30.9 Å². The standard InChI is InChI=1S/C15H17N5O2.C15H14N4O.C2H6O.H3NO/c1-20-8-11(7-17-20)15(21)18-13-5-3-9-6-10(14(16)19-22)2-4-12(9)13;1-19-9-12(8-17-19)15(20)18-14-5-3-11-6-10(7-16)2-4-13(11)14;1-2-3;1-2/h2,4,6-8,13,22H,3,5H2,1H3,(H2,16,19)(H,18,21);2,4,6,8-9,14H,3,5H2,1H3,(H,18,20);3H,2H2,1H3;2H,1H2/t13-;14-;;/m11../s1. The zero-order chi connectivity index (χ0) is 34.5. The first-order chi connectivity index (χ1) is 22.7. The van der Waals surface area contributed by atoms with Crippen molar-refractivity contribution < 1.29 is 25.1 Å². The predicted molar refractivity (Wildman–Crippen MR) is 172 cm³/mol. The SMILES string of the molecule is CCO.Cn1cc(C(=O)N[C@@H]2CCc3cc(/C(N)=N/O)ccc32)cn1.Cn1cc(C(=O)N[C@@H]2CCc3cc(C#N)ccc32)cn1.NO. The number of aromatic nitrogens is 4. The topological polar surface area (TPSA) is 243 Å². The van der Waals surface area contributed by atoms with Crippen LogP contribution in [-0.4, -0.2) is 59.3 Å². The van der Waals surface area contributed by atoms with Gasteiger partial charge >= 0.3 is 0 Å². The highest BCUT2D eigenvalue weighted by atomic mass is 16.4. The maximum absolute atomic E-state index is 12.2. The number of hydrogen-bond donors (Lipinski definition) is 7. The van der Waals surface area contributed by atoms with Gasteiger partial charge in [0.2, 0.25) is 0 Å². The highest BCUT2D eigenvalue weighted by molar-refractivity contribution is 5.97. The van der Waals surface area contributed by atoms with Crippen LogP contribution in [0.25, 0.3) is 0 Å². The van der Waals surface area contributed by atoms with Gasteiger partial charge in [-0.1, -0.05) is 23.4 Å². The van der Waals surface area contributed by atoms with Gasteiger partial charge in [-0.05, 0) is 73.1 Å². The molecule has 0 aliphatic heterocycles. The molecule has 2 atom stereocenters. The van der Waals surface area contributed by atoms with Gasteiger partial charge in [0.05, 0.1) is 47.2 Å². The molecule has 0 spiro atoms. The van der Waals surface area contributed by atoms with Crippen LogP contribution in [0.4, 0.5) is 0 Å². The van der Waals surface area contributed by atoms with Gasteiger partial charge < -0.3 is 31.9 Å². The highest BCUT2D eigenvalue weighted by Gasteiger charge is 2.26. The van der Waals surface area contributed by atoms with E-state index in [0.717, 1.165) is 47.9 Å². The van der Waals surface area contributed by atoms with Gasteiger partial charge in [0.15, 0.2) is 5.84 Å². The summed E-state index contributed by atoms with van der Waals surface area (Å²) in [4.78, 5) is 24.3. The molecule has 2 heterocycles. The lowest BCUT2D eigenvalue weighted by Crippen LogP contribution is -2.26. The summed E-state index contributed by atoms with van der Waals surface area (Å²) in [5.74, 6) is 3.34. The van der Waals surface area contributed by atoms with Gasteiger partial charge in [0.25, 0.3) is 11.8 Å². The van der Waals surface area contributed by atoms with Crippen molar-refractivity contribution in [3.8, 4) is 6.07 Å². The average molecular weight is 645 g/mol. The van der Waals surface area contributed by atoms with E-state index in [2.05, 4.69) is 38.0 Å². The van der Waals surface area contributed by atoms with Crippen molar-refractivity contribution >= 4 is 17.6 Å². The van der Waals surface area contributed by atoms with Crippen molar-refractivity contribution in [3.05, 3.63) is 106 Å². The number of benzene rings is 2. The van der Waals surface area contributed by atoms with Crippen molar-refractivity contribution in [3.63, 3.8) is 0 Å². The minimum absolute atomic E-state index is 0.0189. The number of amides is 2. The number of hydrogen-bond acceptors (Lipinski definition) is 10. The molecule has 2 aliphatic rings. The molecule has 2 aromatic heterocycles. The van der Waals surface area contributed by atoms with Crippen LogP contribution in [0.1, 0.15) is 85.9 Å². The van der Waals surface area contributed by atoms with Crippen LogP contribution < -0.4 is 22.3 Å². The van der Waals surface area contributed by atoms with E-state index >= 15 is 0 Å². The normalized spacial score (nSPS) is 15.6. The average Bonchev–Trinajstić information content (AvgIpc) is 3.90. The van der Waals surface area contributed by atoms with Crippen LogP contribution in [0, 0.1) is 11.3 Å². The van der Waals surface area contributed by atoms with Gasteiger partial charge in [0.1, 0.15) is 0 Å². The molecule has 0 saturated carbocycles. The van der Waals surface area contributed by atoms with E-state index in [1.165, 1.54) is 0 Å². The van der Waals surface area contributed by atoms with Crippen LogP contribution >= 0.6 is 0 Å². The number of nitrogens with zero attached hydrogens (tertiary/aromatic N) is 6. The monoisotopic (exact) mass is 644 g/mol. The van der Waals surface area contributed by atoms with Crippen molar-refractivity contribution in [1.82, 2.24) is 30.2 Å². The molecule has 2 aliphatic carbocycles. The summed E-state index contributed by atoms with van der Waals surface area (Å²) in [7, 11) is 3.56. The molecule has 15 nitrogen and oxygen atoms in total. The molecular weight excluding hydrogens is 604 g/mol. The summed E-state index contributed by atoms with van der Waals surface area (Å²) in [6, 6.07) is 13.4. The number of aliphatic hydroxyl groups excluding tert-OH is 1. The number of nitriles is 1. The maximum atomic E-state index is 12.2. The van der Waals surface area contributed by atoms with E-state index in [-0.39, 0.29) is 36.3 Å². The van der Waals surface area contributed by atoms with Crippen LogP contribution in [0.2, 0.25) is 0 Å². The number of fused-ring (bicyclic) bond motifs is 2. The van der Waals surface area contributed by atoms with Gasteiger partial charge in [-0.3, -0.25) is 19.0 Å². The second kappa shape index (κ2) is 17.2. The largest absolute Gasteiger partial charge is 0.409 e.